The first kappa shape index (κ1) is 15.9. The lowest BCUT2D eigenvalue weighted by molar-refractivity contribution is -0.115. The van der Waals surface area contributed by atoms with Gasteiger partial charge in [-0.3, -0.25) is 9.48 Å². The second kappa shape index (κ2) is 7.04. The fraction of sp³-hybridized carbons (Fsp3) is 0.111. The molecular formula is C18H15F2N3O. The Morgan fingerprint density at radius 3 is 2.58 bits per heavy atom. The topological polar surface area (TPSA) is 46.9 Å². The highest BCUT2D eigenvalue weighted by Crippen LogP contribution is 2.12. The van der Waals surface area contributed by atoms with Gasteiger partial charge in [0.05, 0.1) is 24.8 Å². The summed E-state index contributed by atoms with van der Waals surface area (Å²) in [5.74, 6) is -2.21. The summed E-state index contributed by atoms with van der Waals surface area (Å²) >= 11 is 0. The van der Waals surface area contributed by atoms with Crippen LogP contribution in [-0.2, 0) is 17.8 Å². The van der Waals surface area contributed by atoms with Crippen LogP contribution in [0.2, 0.25) is 0 Å². The van der Waals surface area contributed by atoms with E-state index >= 15 is 0 Å². The van der Waals surface area contributed by atoms with Crippen molar-refractivity contribution in [3.05, 3.63) is 83.7 Å². The van der Waals surface area contributed by atoms with Crippen LogP contribution in [0.5, 0.6) is 0 Å². The predicted octanol–water partition coefficient (Wildman–Crippen LogP) is 3.39. The molecule has 1 aromatic heterocycles. The molecule has 2 aromatic carbocycles. The van der Waals surface area contributed by atoms with Crippen molar-refractivity contribution in [3.63, 3.8) is 0 Å². The van der Waals surface area contributed by atoms with Gasteiger partial charge in [0.15, 0.2) is 11.6 Å². The van der Waals surface area contributed by atoms with E-state index in [1.165, 1.54) is 6.07 Å². The van der Waals surface area contributed by atoms with Gasteiger partial charge < -0.3 is 5.32 Å². The number of hydrogen-bond donors (Lipinski definition) is 1. The Kier molecular flexibility index (Phi) is 4.65. The molecule has 4 nitrogen and oxygen atoms in total. The van der Waals surface area contributed by atoms with E-state index < -0.39 is 11.6 Å². The number of hydrogen-bond acceptors (Lipinski definition) is 2. The normalized spacial score (nSPS) is 10.6. The van der Waals surface area contributed by atoms with Crippen LogP contribution in [0, 0.1) is 11.6 Å². The van der Waals surface area contributed by atoms with Gasteiger partial charge in [0, 0.05) is 6.20 Å². The summed E-state index contributed by atoms with van der Waals surface area (Å²) in [7, 11) is 0. The zero-order valence-corrected chi connectivity index (χ0v) is 12.7. The molecule has 122 valence electrons. The molecule has 0 fully saturated rings. The average molecular weight is 327 g/mol. The highest BCUT2D eigenvalue weighted by atomic mass is 19.2. The van der Waals surface area contributed by atoms with Crippen LogP contribution in [-0.4, -0.2) is 15.7 Å². The van der Waals surface area contributed by atoms with E-state index in [-0.39, 0.29) is 12.3 Å². The third-order valence-corrected chi connectivity index (χ3v) is 3.45. The fourth-order valence-corrected chi connectivity index (χ4v) is 2.33. The number of nitrogens with zero attached hydrogens (tertiary/aromatic N) is 2. The summed E-state index contributed by atoms with van der Waals surface area (Å²) in [6, 6.07) is 13.2. The maximum Gasteiger partial charge on any atom is 0.228 e. The first-order valence-electron chi connectivity index (χ1n) is 7.40. The number of halogens is 2. The first-order chi connectivity index (χ1) is 11.6. The summed E-state index contributed by atoms with van der Waals surface area (Å²) in [6.07, 6.45) is 3.23. The molecule has 0 aliphatic heterocycles. The number of nitrogens with one attached hydrogen (secondary N) is 1. The van der Waals surface area contributed by atoms with Gasteiger partial charge >= 0.3 is 0 Å². The number of benzene rings is 2. The summed E-state index contributed by atoms with van der Waals surface area (Å²) in [4.78, 5) is 12.0. The van der Waals surface area contributed by atoms with Crippen molar-refractivity contribution in [2.45, 2.75) is 13.0 Å². The molecule has 0 unspecified atom stereocenters. The largest absolute Gasteiger partial charge is 0.323 e. The van der Waals surface area contributed by atoms with E-state index in [0.29, 0.717) is 17.8 Å². The minimum absolute atomic E-state index is 0.0406. The molecule has 1 heterocycles. The van der Waals surface area contributed by atoms with Crippen LogP contribution in [0.15, 0.2) is 60.9 Å². The van der Waals surface area contributed by atoms with Crippen molar-refractivity contribution in [3.8, 4) is 0 Å². The Morgan fingerprint density at radius 1 is 1.04 bits per heavy atom. The van der Waals surface area contributed by atoms with Crippen LogP contribution in [0.1, 0.15) is 11.1 Å². The van der Waals surface area contributed by atoms with Crippen molar-refractivity contribution in [2.75, 3.05) is 5.32 Å². The van der Waals surface area contributed by atoms with E-state index in [1.54, 1.807) is 17.1 Å². The molecule has 0 bridgehead atoms. The third kappa shape index (κ3) is 4.04. The summed E-state index contributed by atoms with van der Waals surface area (Å²) in [5, 5.41) is 6.88. The Bertz CT molecular complexity index is 846. The molecule has 0 spiro atoms. The molecule has 1 amide bonds. The lowest BCUT2D eigenvalue weighted by Crippen LogP contribution is -2.14. The number of rotatable bonds is 5. The van der Waals surface area contributed by atoms with Crippen molar-refractivity contribution < 1.29 is 13.6 Å². The highest BCUT2D eigenvalue weighted by molar-refractivity contribution is 5.91. The lowest BCUT2D eigenvalue weighted by Gasteiger charge is -2.04. The van der Waals surface area contributed by atoms with Crippen LogP contribution in [0.4, 0.5) is 14.5 Å². The molecule has 3 aromatic rings. The number of anilines is 1. The number of amides is 1. The van der Waals surface area contributed by atoms with Crippen molar-refractivity contribution in [1.82, 2.24) is 9.78 Å². The highest BCUT2D eigenvalue weighted by Gasteiger charge is 2.09. The van der Waals surface area contributed by atoms with Crippen LogP contribution >= 0.6 is 0 Å². The average Bonchev–Trinajstić information content (AvgIpc) is 2.99. The van der Waals surface area contributed by atoms with Gasteiger partial charge in [-0.05, 0) is 23.3 Å². The lowest BCUT2D eigenvalue weighted by atomic mass is 10.1. The van der Waals surface area contributed by atoms with Crippen LogP contribution in [0.3, 0.4) is 0 Å². The molecule has 0 aliphatic rings. The van der Waals surface area contributed by atoms with Gasteiger partial charge in [0.25, 0.3) is 0 Å². The standard InChI is InChI=1S/C18H15F2N3O/c19-16-7-6-14(8-17(16)20)9-18(24)22-15-10-21-23(12-15)11-13-4-2-1-3-5-13/h1-8,10,12H,9,11H2,(H,22,24). The maximum atomic E-state index is 13.1. The molecule has 0 atom stereocenters. The molecular weight excluding hydrogens is 312 g/mol. The van der Waals surface area contributed by atoms with Crippen molar-refractivity contribution >= 4 is 11.6 Å². The summed E-state index contributed by atoms with van der Waals surface area (Å²) < 4.78 is 27.7. The third-order valence-electron chi connectivity index (χ3n) is 3.45. The Balaban J connectivity index is 1.59. The van der Waals surface area contributed by atoms with Gasteiger partial charge in [0.2, 0.25) is 5.91 Å². The van der Waals surface area contributed by atoms with Gasteiger partial charge in [-0.1, -0.05) is 36.4 Å². The van der Waals surface area contributed by atoms with Crippen LogP contribution < -0.4 is 5.32 Å². The Labute approximate surface area is 137 Å². The van der Waals surface area contributed by atoms with Gasteiger partial charge in [0.1, 0.15) is 0 Å². The van der Waals surface area contributed by atoms with Crippen LogP contribution in [0.25, 0.3) is 0 Å². The Morgan fingerprint density at radius 2 is 1.83 bits per heavy atom. The molecule has 0 saturated heterocycles. The van der Waals surface area contributed by atoms with Crippen molar-refractivity contribution in [2.24, 2.45) is 0 Å². The molecule has 6 heteroatoms. The second-order valence-corrected chi connectivity index (χ2v) is 5.39. The molecule has 0 radical (unpaired) electrons. The number of carbonyl (C=O) groups excluding carboxylic acids is 1. The van der Waals surface area contributed by atoms with E-state index in [4.69, 9.17) is 0 Å². The minimum Gasteiger partial charge on any atom is -0.323 e. The van der Waals surface area contributed by atoms with Gasteiger partial charge in [-0.2, -0.15) is 5.10 Å². The molecule has 0 aliphatic carbocycles. The molecule has 1 N–H and O–H groups in total. The zero-order valence-electron chi connectivity index (χ0n) is 12.7. The van der Waals surface area contributed by atoms with Crippen molar-refractivity contribution in [1.29, 1.82) is 0 Å². The number of carbonyl (C=O) groups is 1. The first-order valence-corrected chi connectivity index (χ1v) is 7.40. The molecule has 3 rings (SSSR count). The molecule has 0 saturated carbocycles. The van der Waals surface area contributed by atoms with Gasteiger partial charge in [-0.25, -0.2) is 8.78 Å². The fourth-order valence-electron chi connectivity index (χ4n) is 2.33. The van der Waals surface area contributed by atoms with E-state index in [2.05, 4.69) is 10.4 Å². The minimum atomic E-state index is -0.962. The number of aromatic nitrogens is 2. The monoisotopic (exact) mass is 327 g/mol. The summed E-state index contributed by atoms with van der Waals surface area (Å²) in [5.41, 5.74) is 2.06. The smallest absolute Gasteiger partial charge is 0.228 e. The predicted molar refractivity (Wildman–Crippen MR) is 86.5 cm³/mol. The zero-order chi connectivity index (χ0) is 16.9. The van der Waals surface area contributed by atoms with E-state index in [9.17, 15) is 13.6 Å². The Hall–Kier alpha value is -3.02. The molecule has 24 heavy (non-hydrogen) atoms. The van der Waals surface area contributed by atoms with E-state index in [0.717, 1.165) is 17.7 Å². The quantitative estimate of drug-likeness (QED) is 0.781. The SMILES string of the molecule is O=C(Cc1ccc(F)c(F)c1)Nc1cnn(Cc2ccccc2)c1. The second-order valence-electron chi connectivity index (χ2n) is 5.39. The maximum absolute atomic E-state index is 13.1. The van der Waals surface area contributed by atoms with E-state index in [1.807, 2.05) is 30.3 Å². The summed E-state index contributed by atoms with van der Waals surface area (Å²) in [6.45, 7) is 0.597. The van der Waals surface area contributed by atoms with Gasteiger partial charge in [-0.15, -0.1) is 0 Å².